The average molecular weight is 293 g/mol. The molecule has 0 atom stereocenters. The number of nitrogens with one attached hydrogen (secondary N) is 1. The highest BCUT2D eigenvalue weighted by atomic mass is 16.6. The van der Waals surface area contributed by atoms with Gasteiger partial charge in [0.1, 0.15) is 5.69 Å². The zero-order chi connectivity index (χ0) is 16.0. The Balaban J connectivity index is 3.30. The maximum Gasteiger partial charge on any atom is 0.293 e. The van der Waals surface area contributed by atoms with Crippen LogP contribution in [0.25, 0.3) is 0 Å². The maximum absolute atomic E-state index is 12.7. The van der Waals surface area contributed by atoms with Crippen LogP contribution in [0.2, 0.25) is 0 Å². The van der Waals surface area contributed by atoms with Crippen LogP contribution < -0.4 is 5.32 Å². The summed E-state index contributed by atoms with van der Waals surface area (Å²) in [5, 5.41) is 14.1. The summed E-state index contributed by atoms with van der Waals surface area (Å²) in [4.78, 5) is 25.1. The van der Waals surface area contributed by atoms with E-state index >= 15 is 0 Å². The highest BCUT2D eigenvalue weighted by Crippen LogP contribution is 2.29. The Morgan fingerprint density at radius 3 is 2.52 bits per heavy atom. The van der Waals surface area contributed by atoms with Gasteiger partial charge in [0.05, 0.1) is 10.5 Å². The molecule has 0 bridgehead atoms. The van der Waals surface area contributed by atoms with Gasteiger partial charge in [-0.3, -0.25) is 14.9 Å². The fourth-order valence-electron chi connectivity index (χ4n) is 2.22. The van der Waals surface area contributed by atoms with Crippen LogP contribution in [0.1, 0.15) is 44.5 Å². The predicted molar refractivity (Wildman–Crippen MR) is 83.7 cm³/mol. The van der Waals surface area contributed by atoms with Gasteiger partial charge in [-0.05, 0) is 33.3 Å². The second-order valence-electron chi connectivity index (χ2n) is 5.08. The van der Waals surface area contributed by atoms with Crippen LogP contribution in [-0.4, -0.2) is 34.9 Å². The van der Waals surface area contributed by atoms with Crippen LogP contribution in [-0.2, 0) is 0 Å². The van der Waals surface area contributed by atoms with E-state index in [1.165, 1.54) is 6.07 Å². The number of amides is 1. The second kappa shape index (κ2) is 7.61. The third-order valence-electron chi connectivity index (χ3n) is 3.17. The molecule has 0 saturated carbocycles. The van der Waals surface area contributed by atoms with Gasteiger partial charge in [-0.25, -0.2) is 0 Å². The minimum atomic E-state index is -0.464. The summed E-state index contributed by atoms with van der Waals surface area (Å²) in [5.74, 6) is -0.175. The van der Waals surface area contributed by atoms with E-state index in [9.17, 15) is 14.9 Å². The van der Waals surface area contributed by atoms with Crippen LogP contribution in [0.15, 0.2) is 18.2 Å². The van der Waals surface area contributed by atoms with E-state index in [1.807, 2.05) is 27.7 Å². The van der Waals surface area contributed by atoms with E-state index in [0.29, 0.717) is 24.3 Å². The van der Waals surface area contributed by atoms with Gasteiger partial charge in [0.15, 0.2) is 0 Å². The van der Waals surface area contributed by atoms with Crippen LogP contribution in [0, 0.1) is 10.1 Å². The monoisotopic (exact) mass is 293 g/mol. The van der Waals surface area contributed by atoms with E-state index in [1.54, 1.807) is 17.0 Å². The number of hydrogen-bond donors (Lipinski definition) is 1. The molecule has 1 N–H and O–H groups in total. The van der Waals surface area contributed by atoms with Gasteiger partial charge in [0.2, 0.25) is 0 Å². The number of nitro benzene ring substituents is 1. The van der Waals surface area contributed by atoms with E-state index in [-0.39, 0.29) is 17.6 Å². The molecule has 0 aliphatic rings. The van der Waals surface area contributed by atoms with Crippen LogP contribution >= 0.6 is 0 Å². The molecule has 1 aromatic carbocycles. The molecule has 1 amide bonds. The highest BCUT2D eigenvalue weighted by Gasteiger charge is 2.25. The first-order chi connectivity index (χ1) is 9.93. The first-order valence-electron chi connectivity index (χ1n) is 7.26. The Morgan fingerprint density at radius 2 is 2.05 bits per heavy atom. The number of carbonyl (C=O) groups excluding carboxylic acids is 1. The van der Waals surface area contributed by atoms with Gasteiger partial charge in [-0.2, -0.15) is 0 Å². The Labute approximate surface area is 125 Å². The lowest BCUT2D eigenvalue weighted by Gasteiger charge is -2.27. The standard InChI is InChI=1S/C15H23N3O3/c1-5-10-17(11(3)4)15(19)12-8-7-9-13(18(20)21)14(12)16-6-2/h7-9,11,16H,5-6,10H2,1-4H3. The average Bonchev–Trinajstić information content (AvgIpc) is 2.44. The van der Waals surface area contributed by atoms with Crippen LogP contribution in [0.4, 0.5) is 11.4 Å². The Kier molecular flexibility index (Phi) is 6.14. The van der Waals surface area contributed by atoms with Crippen molar-refractivity contribution in [3.05, 3.63) is 33.9 Å². The number of rotatable bonds is 7. The molecule has 0 aliphatic carbocycles. The first-order valence-corrected chi connectivity index (χ1v) is 7.26. The smallest absolute Gasteiger partial charge is 0.293 e. The van der Waals surface area contributed by atoms with Crippen molar-refractivity contribution in [2.24, 2.45) is 0 Å². The number of nitro groups is 1. The van der Waals surface area contributed by atoms with Crippen molar-refractivity contribution >= 4 is 17.3 Å². The Morgan fingerprint density at radius 1 is 1.38 bits per heavy atom. The molecule has 0 unspecified atom stereocenters. The molecular weight excluding hydrogens is 270 g/mol. The quantitative estimate of drug-likeness (QED) is 0.618. The van der Waals surface area contributed by atoms with Gasteiger partial charge in [-0.15, -0.1) is 0 Å². The molecule has 1 aromatic rings. The molecule has 21 heavy (non-hydrogen) atoms. The molecule has 0 aliphatic heterocycles. The predicted octanol–water partition coefficient (Wildman–Crippen LogP) is 3.29. The molecule has 0 radical (unpaired) electrons. The Bertz CT molecular complexity index is 515. The highest BCUT2D eigenvalue weighted by molar-refractivity contribution is 6.01. The number of anilines is 1. The SMILES string of the molecule is CCCN(C(=O)c1cccc([N+](=O)[O-])c1NCC)C(C)C. The summed E-state index contributed by atoms with van der Waals surface area (Å²) in [5.41, 5.74) is 0.591. The van der Waals surface area contributed by atoms with Gasteiger partial charge in [-0.1, -0.05) is 13.0 Å². The fraction of sp³-hybridized carbons (Fsp3) is 0.533. The lowest BCUT2D eigenvalue weighted by Crippen LogP contribution is -2.38. The summed E-state index contributed by atoms with van der Waals surface area (Å²) in [7, 11) is 0. The molecule has 0 heterocycles. The first kappa shape index (κ1) is 16.9. The summed E-state index contributed by atoms with van der Waals surface area (Å²) in [6, 6.07) is 4.65. The Hall–Kier alpha value is -2.11. The lowest BCUT2D eigenvalue weighted by atomic mass is 10.1. The zero-order valence-electron chi connectivity index (χ0n) is 13.0. The summed E-state index contributed by atoms with van der Waals surface area (Å²) < 4.78 is 0. The van der Waals surface area contributed by atoms with E-state index in [2.05, 4.69) is 5.32 Å². The van der Waals surface area contributed by atoms with Crippen molar-refractivity contribution in [2.45, 2.75) is 40.2 Å². The van der Waals surface area contributed by atoms with Gasteiger partial charge < -0.3 is 10.2 Å². The van der Waals surface area contributed by atoms with Crippen molar-refractivity contribution in [1.29, 1.82) is 0 Å². The molecule has 6 heteroatoms. The lowest BCUT2D eigenvalue weighted by molar-refractivity contribution is -0.384. The van der Waals surface area contributed by atoms with E-state index in [0.717, 1.165) is 6.42 Å². The number of hydrogen-bond acceptors (Lipinski definition) is 4. The van der Waals surface area contributed by atoms with Crippen LogP contribution in [0.5, 0.6) is 0 Å². The molecule has 0 fully saturated rings. The zero-order valence-corrected chi connectivity index (χ0v) is 13.0. The third-order valence-corrected chi connectivity index (χ3v) is 3.17. The molecule has 0 saturated heterocycles. The molecule has 0 spiro atoms. The van der Waals surface area contributed by atoms with Gasteiger partial charge in [0, 0.05) is 25.2 Å². The maximum atomic E-state index is 12.7. The molecule has 6 nitrogen and oxygen atoms in total. The minimum absolute atomic E-state index is 0.0474. The number of carbonyl (C=O) groups is 1. The second-order valence-corrected chi connectivity index (χ2v) is 5.08. The molecular formula is C15H23N3O3. The fourth-order valence-corrected chi connectivity index (χ4v) is 2.22. The molecule has 0 aromatic heterocycles. The van der Waals surface area contributed by atoms with E-state index in [4.69, 9.17) is 0 Å². The minimum Gasteiger partial charge on any atom is -0.379 e. The number of para-hydroxylation sites is 1. The van der Waals surface area contributed by atoms with Crippen molar-refractivity contribution < 1.29 is 9.72 Å². The van der Waals surface area contributed by atoms with Crippen molar-refractivity contribution in [3.8, 4) is 0 Å². The number of benzene rings is 1. The molecule has 1 rings (SSSR count). The van der Waals surface area contributed by atoms with Crippen LogP contribution in [0.3, 0.4) is 0 Å². The van der Waals surface area contributed by atoms with Crippen molar-refractivity contribution in [2.75, 3.05) is 18.4 Å². The van der Waals surface area contributed by atoms with E-state index < -0.39 is 4.92 Å². The van der Waals surface area contributed by atoms with Crippen molar-refractivity contribution in [3.63, 3.8) is 0 Å². The topological polar surface area (TPSA) is 75.5 Å². The van der Waals surface area contributed by atoms with Gasteiger partial charge in [0.25, 0.3) is 11.6 Å². The third kappa shape index (κ3) is 3.93. The van der Waals surface area contributed by atoms with Gasteiger partial charge >= 0.3 is 0 Å². The summed E-state index contributed by atoms with van der Waals surface area (Å²) >= 11 is 0. The normalized spacial score (nSPS) is 10.5. The molecule has 116 valence electrons. The largest absolute Gasteiger partial charge is 0.379 e. The number of nitrogens with zero attached hydrogens (tertiary/aromatic N) is 2. The summed E-state index contributed by atoms with van der Waals surface area (Å²) in [6.45, 7) is 8.87. The summed E-state index contributed by atoms with van der Waals surface area (Å²) in [6.07, 6.45) is 0.843. The van der Waals surface area contributed by atoms with Crippen molar-refractivity contribution in [1.82, 2.24) is 4.90 Å².